The number of rotatable bonds is 16. The molecular weight excluding hydrogens is 426 g/mol. The van der Waals surface area contributed by atoms with Gasteiger partial charge in [-0.05, 0) is 25.7 Å². The van der Waals surface area contributed by atoms with Crippen molar-refractivity contribution >= 4 is 24.4 Å². The van der Waals surface area contributed by atoms with Crippen LogP contribution in [-0.4, -0.2) is 70.9 Å². The number of nitrogens with one attached hydrogen (secondary N) is 3. The maximum absolute atomic E-state index is 12.2. The van der Waals surface area contributed by atoms with Gasteiger partial charge in [0.15, 0.2) is 0 Å². The van der Waals surface area contributed by atoms with Crippen LogP contribution in [0.3, 0.4) is 0 Å². The highest BCUT2D eigenvalue weighted by Gasteiger charge is 2.21. The molecule has 0 aliphatic rings. The van der Waals surface area contributed by atoms with Gasteiger partial charge in [-0.3, -0.25) is 14.6 Å². The monoisotopic (exact) mass is 463 g/mol. The minimum Gasteiger partial charge on any atom is -0.380 e. The molecule has 0 aromatic carbocycles. The Bertz CT molecular complexity index is 491. The fraction of sp³-hybridized carbons (Fsp3) is 0.600. The summed E-state index contributed by atoms with van der Waals surface area (Å²) in [5.41, 5.74) is 0. The maximum Gasteiger partial charge on any atom is 0.439 e. The van der Waals surface area contributed by atoms with E-state index in [0.717, 1.165) is 6.29 Å². The smallest absolute Gasteiger partial charge is 0.380 e. The number of unbranched alkanes of at least 4 members (excludes halogenated alkanes) is 2. The van der Waals surface area contributed by atoms with Crippen molar-refractivity contribution in [3.8, 4) is 0 Å². The normalized spacial score (nSPS) is 10.1. The number of ether oxygens (including phenoxy) is 1. The number of amides is 3. The van der Waals surface area contributed by atoms with Crippen LogP contribution in [0.15, 0.2) is 26.3 Å². The largest absolute Gasteiger partial charge is 0.439 e. The Hall–Kier alpha value is -2.96. The minimum absolute atomic E-state index is 0.252. The number of hydrogen-bond donors (Lipinski definition) is 3. The van der Waals surface area contributed by atoms with Gasteiger partial charge >= 0.3 is 12.2 Å². The molecule has 3 N–H and O–H groups in total. The molecule has 0 heterocycles. The van der Waals surface area contributed by atoms with E-state index in [1.54, 1.807) is 0 Å². The van der Waals surface area contributed by atoms with E-state index in [9.17, 15) is 19.2 Å². The Balaban J connectivity index is -0.00000198. The Labute approximate surface area is 189 Å². The van der Waals surface area contributed by atoms with Crippen LogP contribution in [0.5, 0.6) is 0 Å². The van der Waals surface area contributed by atoms with E-state index in [2.05, 4.69) is 61.8 Å². The second kappa shape index (κ2) is 28.0. The predicted octanol–water partition coefficient (Wildman–Crippen LogP) is 1.82. The summed E-state index contributed by atoms with van der Waals surface area (Å²) in [6, 6.07) is -0.844. The summed E-state index contributed by atoms with van der Waals surface area (Å²) in [6.07, 6.45) is 1.64. The highest BCUT2D eigenvalue weighted by molar-refractivity contribution is 5.85. The van der Waals surface area contributed by atoms with Crippen LogP contribution in [0.1, 0.15) is 32.1 Å². The first-order valence-corrected chi connectivity index (χ1v) is 9.83. The quantitative estimate of drug-likeness (QED) is 0.102. The van der Waals surface area contributed by atoms with Crippen molar-refractivity contribution in [2.45, 2.75) is 38.1 Å². The van der Waals surface area contributed by atoms with E-state index in [1.165, 1.54) is 14.2 Å². The summed E-state index contributed by atoms with van der Waals surface area (Å²) in [6.45, 7) is 13.3. The van der Waals surface area contributed by atoms with Gasteiger partial charge in [0.05, 0.1) is 20.8 Å². The fourth-order valence-electron chi connectivity index (χ4n) is 2.02. The van der Waals surface area contributed by atoms with Gasteiger partial charge in [-0.25, -0.2) is 9.59 Å². The first-order valence-electron chi connectivity index (χ1n) is 9.83. The molecule has 1 unspecified atom stereocenters. The van der Waals surface area contributed by atoms with Crippen LogP contribution in [0.25, 0.3) is 0 Å². The molecule has 186 valence electrons. The molecule has 12 nitrogen and oxygen atoms in total. The van der Waals surface area contributed by atoms with Crippen molar-refractivity contribution < 1.29 is 43.5 Å². The van der Waals surface area contributed by atoms with Crippen LogP contribution in [0.4, 0.5) is 9.59 Å². The van der Waals surface area contributed by atoms with E-state index in [1.807, 2.05) is 0 Å². The minimum atomic E-state index is -0.894. The third kappa shape index (κ3) is 23.3. The molecule has 0 aliphatic heterocycles. The summed E-state index contributed by atoms with van der Waals surface area (Å²) in [4.78, 5) is 62.0. The second-order valence-electron chi connectivity index (χ2n) is 5.41. The van der Waals surface area contributed by atoms with Crippen molar-refractivity contribution in [2.24, 2.45) is 0 Å². The molecule has 12 heteroatoms. The third-order valence-corrected chi connectivity index (χ3v) is 3.27. The molecule has 0 saturated heterocycles. The summed E-state index contributed by atoms with van der Waals surface area (Å²) in [5.74, 6) is -0.406. The third-order valence-electron chi connectivity index (χ3n) is 3.27. The molecule has 3 amide bonds. The average molecular weight is 464 g/mol. The lowest BCUT2D eigenvalue weighted by molar-refractivity contribution is -0.213. The Morgan fingerprint density at radius 2 is 1.47 bits per heavy atom. The SMILES string of the molecule is C=C.C=C.COOC(=O)NCCCCC(NC(=O)OOC)C(=O)NCCOCCCC=O. The summed E-state index contributed by atoms with van der Waals surface area (Å²) < 4.78 is 5.27. The number of aldehydes is 1. The predicted molar refractivity (Wildman–Crippen MR) is 117 cm³/mol. The zero-order chi connectivity index (χ0) is 25.0. The van der Waals surface area contributed by atoms with Gasteiger partial charge in [-0.2, -0.15) is 9.78 Å². The Kier molecular flexibility index (Phi) is 29.5. The molecule has 0 saturated carbocycles. The first kappa shape index (κ1) is 33.7. The molecule has 0 aromatic rings. The standard InChI is InChI=1S/C16H29N3O9.2C2H4/c1-24-27-15(22)18-8-4-3-7-13(19-16(23)28-25-2)14(21)17-9-12-26-11-6-5-10-20;2*1-2/h10,13H,3-9,11-12H2,1-2H3,(H,17,21)(H,18,22)(H,19,23);2*1-2H2. The van der Waals surface area contributed by atoms with Gasteiger partial charge in [0.25, 0.3) is 0 Å². The van der Waals surface area contributed by atoms with Crippen LogP contribution in [0, 0.1) is 0 Å². The lowest BCUT2D eigenvalue weighted by Gasteiger charge is -2.17. The molecule has 0 aromatic heterocycles. The Morgan fingerprint density at radius 1 is 0.844 bits per heavy atom. The molecule has 32 heavy (non-hydrogen) atoms. The van der Waals surface area contributed by atoms with Crippen molar-refractivity contribution in [3.05, 3.63) is 26.3 Å². The van der Waals surface area contributed by atoms with Gasteiger partial charge in [-0.15, -0.1) is 26.3 Å². The first-order chi connectivity index (χ1) is 15.5. The topological polar surface area (TPSA) is 151 Å². The molecule has 0 radical (unpaired) electrons. The number of hydrogen-bond acceptors (Lipinski definition) is 9. The molecular formula is C20H37N3O9. The van der Waals surface area contributed by atoms with Crippen molar-refractivity contribution in [3.63, 3.8) is 0 Å². The highest BCUT2D eigenvalue weighted by Crippen LogP contribution is 2.02. The highest BCUT2D eigenvalue weighted by atomic mass is 17.2. The average Bonchev–Trinajstić information content (AvgIpc) is 2.80. The van der Waals surface area contributed by atoms with Gasteiger partial charge in [-0.1, -0.05) is 0 Å². The Morgan fingerprint density at radius 3 is 2.06 bits per heavy atom. The van der Waals surface area contributed by atoms with Crippen LogP contribution in [0.2, 0.25) is 0 Å². The number of carbonyl (C=O) groups is 4. The zero-order valence-electron chi connectivity index (χ0n) is 19.0. The summed E-state index contributed by atoms with van der Waals surface area (Å²) in [5, 5.41) is 7.50. The van der Waals surface area contributed by atoms with E-state index in [0.29, 0.717) is 45.3 Å². The van der Waals surface area contributed by atoms with Crippen molar-refractivity contribution in [1.82, 2.24) is 16.0 Å². The molecule has 0 bridgehead atoms. The van der Waals surface area contributed by atoms with Gasteiger partial charge in [0.2, 0.25) is 5.91 Å². The van der Waals surface area contributed by atoms with Crippen LogP contribution >= 0.6 is 0 Å². The van der Waals surface area contributed by atoms with E-state index in [-0.39, 0.29) is 13.2 Å². The van der Waals surface area contributed by atoms with Crippen LogP contribution < -0.4 is 16.0 Å². The molecule has 0 rings (SSSR count). The molecule has 0 fully saturated rings. The van der Waals surface area contributed by atoms with Gasteiger partial charge in [0, 0.05) is 26.1 Å². The molecule has 0 spiro atoms. The van der Waals surface area contributed by atoms with Gasteiger partial charge in [0.1, 0.15) is 12.3 Å². The maximum atomic E-state index is 12.2. The lowest BCUT2D eigenvalue weighted by atomic mass is 10.1. The van der Waals surface area contributed by atoms with Crippen molar-refractivity contribution in [1.29, 1.82) is 0 Å². The zero-order valence-corrected chi connectivity index (χ0v) is 19.0. The fourth-order valence-corrected chi connectivity index (χ4v) is 2.02. The lowest BCUT2D eigenvalue weighted by Crippen LogP contribution is -2.47. The summed E-state index contributed by atoms with van der Waals surface area (Å²) >= 11 is 0. The van der Waals surface area contributed by atoms with E-state index in [4.69, 9.17) is 4.74 Å². The van der Waals surface area contributed by atoms with Gasteiger partial charge < -0.3 is 25.5 Å². The van der Waals surface area contributed by atoms with E-state index >= 15 is 0 Å². The summed E-state index contributed by atoms with van der Waals surface area (Å²) in [7, 11) is 2.38. The molecule has 0 aliphatic carbocycles. The van der Waals surface area contributed by atoms with Crippen LogP contribution in [-0.2, 0) is 33.9 Å². The molecule has 1 atom stereocenters. The van der Waals surface area contributed by atoms with Crippen molar-refractivity contribution in [2.75, 3.05) is 40.5 Å². The second-order valence-corrected chi connectivity index (χ2v) is 5.41. The number of carbonyl (C=O) groups excluding carboxylic acids is 4. The van der Waals surface area contributed by atoms with E-state index < -0.39 is 24.1 Å².